The molecule has 5 nitrogen and oxygen atoms in total. The number of aromatic nitrogens is 1. The zero-order valence-corrected chi connectivity index (χ0v) is 16.8. The van der Waals surface area contributed by atoms with E-state index >= 15 is 0 Å². The van der Waals surface area contributed by atoms with Crippen LogP contribution in [0.15, 0.2) is 54.6 Å². The van der Waals surface area contributed by atoms with Crippen molar-refractivity contribution in [2.45, 2.75) is 20.3 Å². The number of carbonyl (C=O) groups excluding carboxylic acids is 2. The van der Waals surface area contributed by atoms with Crippen LogP contribution in [0.2, 0.25) is 5.15 Å². The molecule has 1 amide bonds. The third-order valence-corrected chi connectivity index (χ3v) is 4.58. The number of ether oxygens (including phenoxy) is 1. The fourth-order valence-corrected chi connectivity index (χ4v) is 3.22. The first kappa shape index (κ1) is 20.6. The summed E-state index contributed by atoms with van der Waals surface area (Å²) in [6.45, 7) is 3.80. The number of nitrogens with one attached hydrogen (secondary N) is 1. The van der Waals surface area contributed by atoms with E-state index in [1.165, 1.54) is 22.8 Å². The molecular weight excluding hydrogens is 395 g/mol. The predicted octanol–water partition coefficient (Wildman–Crippen LogP) is 4.94. The summed E-state index contributed by atoms with van der Waals surface area (Å²) in [7, 11) is 0. The molecule has 0 unspecified atom stereocenters. The van der Waals surface area contributed by atoms with E-state index in [1.54, 1.807) is 19.1 Å². The van der Waals surface area contributed by atoms with Gasteiger partial charge in [-0.15, -0.1) is 0 Å². The molecule has 1 heterocycles. The zero-order chi connectivity index (χ0) is 21.0. The van der Waals surface area contributed by atoms with Gasteiger partial charge in [-0.2, -0.15) is 0 Å². The molecule has 7 heteroatoms. The molecule has 0 aliphatic carbocycles. The van der Waals surface area contributed by atoms with Gasteiger partial charge in [0.25, 0.3) is 0 Å². The second-order valence-electron chi connectivity index (χ2n) is 6.44. The van der Waals surface area contributed by atoms with Crippen LogP contribution in [0.1, 0.15) is 28.5 Å². The highest BCUT2D eigenvalue weighted by Gasteiger charge is 2.24. The summed E-state index contributed by atoms with van der Waals surface area (Å²) >= 11 is 6.38. The maximum atomic E-state index is 13.8. The van der Waals surface area contributed by atoms with Gasteiger partial charge in [0.15, 0.2) is 5.69 Å². The van der Waals surface area contributed by atoms with Crippen molar-refractivity contribution < 1.29 is 18.7 Å². The Bertz CT molecular complexity index is 1040. The third kappa shape index (κ3) is 4.66. The molecule has 3 rings (SSSR count). The number of nitrogens with zero attached hydrogens (tertiary/aromatic N) is 1. The summed E-state index contributed by atoms with van der Waals surface area (Å²) in [5, 5.41) is 2.89. The van der Waals surface area contributed by atoms with E-state index in [0.717, 1.165) is 5.56 Å². The number of hydrogen-bond donors (Lipinski definition) is 1. The zero-order valence-electron chi connectivity index (χ0n) is 16.0. The van der Waals surface area contributed by atoms with Crippen molar-refractivity contribution in [2.24, 2.45) is 0 Å². The molecule has 3 aromatic rings. The van der Waals surface area contributed by atoms with Crippen LogP contribution < -0.4 is 5.32 Å². The van der Waals surface area contributed by atoms with Gasteiger partial charge >= 0.3 is 5.97 Å². The number of carbonyl (C=O) groups is 2. The predicted molar refractivity (Wildman–Crippen MR) is 110 cm³/mol. The van der Waals surface area contributed by atoms with Gasteiger partial charge < -0.3 is 10.1 Å². The van der Waals surface area contributed by atoms with E-state index in [2.05, 4.69) is 5.32 Å². The Morgan fingerprint density at radius 1 is 1.14 bits per heavy atom. The smallest absolute Gasteiger partial charge is 0.357 e. The number of hydrogen-bond acceptors (Lipinski definition) is 3. The highest BCUT2D eigenvalue weighted by molar-refractivity contribution is 6.31. The summed E-state index contributed by atoms with van der Waals surface area (Å²) in [4.78, 5) is 25.1. The fraction of sp³-hybridized carbons (Fsp3) is 0.182. The number of aryl methyl sites for hydroxylation is 1. The minimum Gasteiger partial charge on any atom is -0.461 e. The van der Waals surface area contributed by atoms with Crippen molar-refractivity contribution in [1.29, 1.82) is 0 Å². The largest absolute Gasteiger partial charge is 0.461 e. The second-order valence-corrected chi connectivity index (χ2v) is 6.82. The molecule has 0 bridgehead atoms. The Hall–Kier alpha value is -3.12. The number of benzene rings is 2. The molecule has 29 heavy (non-hydrogen) atoms. The van der Waals surface area contributed by atoms with Crippen molar-refractivity contribution in [3.63, 3.8) is 0 Å². The molecule has 0 aliphatic rings. The van der Waals surface area contributed by atoms with Gasteiger partial charge in [0, 0.05) is 5.69 Å². The summed E-state index contributed by atoms with van der Waals surface area (Å²) in [6.07, 6.45) is -0.178. The van der Waals surface area contributed by atoms with Gasteiger partial charge in [-0.25, -0.2) is 9.18 Å². The number of anilines is 1. The number of rotatable bonds is 6. The first-order valence-corrected chi connectivity index (χ1v) is 9.47. The normalized spacial score (nSPS) is 10.6. The van der Waals surface area contributed by atoms with Crippen LogP contribution >= 0.6 is 11.6 Å². The lowest BCUT2D eigenvalue weighted by Crippen LogP contribution is -2.19. The fourth-order valence-electron chi connectivity index (χ4n) is 2.93. The molecule has 0 radical (unpaired) electrons. The molecule has 0 saturated carbocycles. The first-order chi connectivity index (χ1) is 13.9. The standard InChI is InChI=1S/C22H20ClFN2O3/c1-3-29-22(28)21-18(25-20(27)12-15-6-4-5-7-17(15)24)13-19(23)26(21)16-10-8-14(2)9-11-16/h4-11,13H,3,12H2,1-2H3,(H,25,27). The average molecular weight is 415 g/mol. The van der Waals surface area contributed by atoms with Crippen LogP contribution in [-0.4, -0.2) is 23.1 Å². The van der Waals surface area contributed by atoms with E-state index in [-0.39, 0.29) is 35.1 Å². The molecule has 0 fully saturated rings. The number of amides is 1. The van der Waals surface area contributed by atoms with Gasteiger partial charge in [0.2, 0.25) is 5.91 Å². The summed E-state index contributed by atoms with van der Waals surface area (Å²) < 4.78 is 20.5. The summed E-state index contributed by atoms with van der Waals surface area (Å²) in [6, 6.07) is 14.9. The van der Waals surface area contributed by atoms with Gasteiger partial charge in [-0.3, -0.25) is 9.36 Å². The second kappa shape index (κ2) is 8.92. The molecule has 0 aliphatic heterocycles. The van der Waals surface area contributed by atoms with E-state index in [9.17, 15) is 14.0 Å². The molecule has 1 aromatic heterocycles. The lowest BCUT2D eigenvalue weighted by atomic mass is 10.1. The molecule has 2 aromatic carbocycles. The third-order valence-electron chi connectivity index (χ3n) is 4.30. The summed E-state index contributed by atoms with van der Waals surface area (Å²) in [5.74, 6) is -1.57. The topological polar surface area (TPSA) is 60.3 Å². The quantitative estimate of drug-likeness (QED) is 0.581. The van der Waals surface area contributed by atoms with Crippen molar-refractivity contribution in [3.05, 3.63) is 82.4 Å². The van der Waals surface area contributed by atoms with Gasteiger partial charge in [0.1, 0.15) is 11.0 Å². The molecule has 1 N–H and O–H groups in total. The molecular formula is C22H20ClFN2O3. The highest BCUT2D eigenvalue weighted by Crippen LogP contribution is 2.30. The van der Waals surface area contributed by atoms with E-state index in [1.807, 2.05) is 31.2 Å². The van der Waals surface area contributed by atoms with Crippen LogP contribution in [0.5, 0.6) is 0 Å². The number of halogens is 2. The van der Waals surface area contributed by atoms with E-state index in [0.29, 0.717) is 5.69 Å². The van der Waals surface area contributed by atoms with Crippen LogP contribution in [-0.2, 0) is 16.0 Å². The Kier molecular flexibility index (Phi) is 6.34. The minimum atomic E-state index is -0.624. The Labute approximate surface area is 173 Å². The molecule has 150 valence electrons. The van der Waals surface area contributed by atoms with Crippen LogP contribution in [0.25, 0.3) is 5.69 Å². The Morgan fingerprint density at radius 3 is 2.48 bits per heavy atom. The van der Waals surface area contributed by atoms with Crippen LogP contribution in [0.4, 0.5) is 10.1 Å². The van der Waals surface area contributed by atoms with Crippen molar-refractivity contribution in [3.8, 4) is 5.69 Å². The van der Waals surface area contributed by atoms with Crippen molar-refractivity contribution >= 4 is 29.2 Å². The molecule has 0 spiro atoms. The molecule has 0 atom stereocenters. The monoisotopic (exact) mass is 414 g/mol. The summed E-state index contributed by atoms with van der Waals surface area (Å²) in [5.41, 5.74) is 2.26. The lowest BCUT2D eigenvalue weighted by molar-refractivity contribution is -0.115. The van der Waals surface area contributed by atoms with Crippen LogP contribution in [0.3, 0.4) is 0 Å². The Morgan fingerprint density at radius 2 is 1.83 bits per heavy atom. The highest BCUT2D eigenvalue weighted by atomic mass is 35.5. The van der Waals surface area contributed by atoms with Crippen molar-refractivity contribution in [1.82, 2.24) is 4.57 Å². The maximum Gasteiger partial charge on any atom is 0.357 e. The van der Waals surface area contributed by atoms with Gasteiger partial charge in [-0.05, 0) is 43.7 Å². The SMILES string of the molecule is CCOC(=O)c1c(NC(=O)Cc2ccccc2F)cc(Cl)n1-c1ccc(C)cc1. The van der Waals surface area contributed by atoms with Crippen LogP contribution in [0, 0.1) is 12.7 Å². The Balaban J connectivity index is 1.96. The first-order valence-electron chi connectivity index (χ1n) is 9.09. The average Bonchev–Trinajstić information content (AvgIpc) is 3.00. The van der Waals surface area contributed by atoms with Gasteiger partial charge in [-0.1, -0.05) is 47.5 Å². The maximum absolute atomic E-state index is 13.8. The lowest BCUT2D eigenvalue weighted by Gasteiger charge is -2.12. The number of esters is 1. The molecule has 0 saturated heterocycles. The van der Waals surface area contributed by atoms with E-state index in [4.69, 9.17) is 16.3 Å². The minimum absolute atomic E-state index is 0.0996. The van der Waals surface area contributed by atoms with Gasteiger partial charge in [0.05, 0.1) is 18.7 Å². The van der Waals surface area contributed by atoms with Crippen molar-refractivity contribution in [2.75, 3.05) is 11.9 Å². The van der Waals surface area contributed by atoms with E-state index < -0.39 is 17.7 Å².